The summed E-state index contributed by atoms with van der Waals surface area (Å²) in [5.74, 6) is 0.297. The van der Waals surface area contributed by atoms with Crippen molar-refractivity contribution in [1.29, 1.82) is 0 Å². The van der Waals surface area contributed by atoms with Crippen LogP contribution in [0.2, 0.25) is 0 Å². The number of carbonyl (C=O) groups is 1. The van der Waals surface area contributed by atoms with Crippen LogP contribution in [0.5, 0.6) is 0 Å². The summed E-state index contributed by atoms with van der Waals surface area (Å²) in [5, 5.41) is 3.30. The number of nitrogens with zero attached hydrogens (tertiary/aromatic N) is 1. The molecule has 3 heteroatoms. The Morgan fingerprint density at radius 2 is 2.36 bits per heavy atom. The summed E-state index contributed by atoms with van der Waals surface area (Å²) < 4.78 is 0. The van der Waals surface area contributed by atoms with Crippen molar-refractivity contribution in [2.24, 2.45) is 5.92 Å². The van der Waals surface area contributed by atoms with Gasteiger partial charge in [0.2, 0.25) is 5.91 Å². The third kappa shape index (κ3) is 1.43. The van der Waals surface area contributed by atoms with Gasteiger partial charge in [-0.3, -0.25) is 4.79 Å². The zero-order valence-electron chi connectivity index (χ0n) is 8.66. The van der Waals surface area contributed by atoms with Gasteiger partial charge in [-0.2, -0.15) is 0 Å². The van der Waals surface area contributed by atoms with Gasteiger partial charge in [0, 0.05) is 11.7 Å². The lowest BCUT2D eigenvalue weighted by Crippen LogP contribution is -2.52. The van der Waals surface area contributed by atoms with E-state index in [1.54, 1.807) is 0 Å². The molecular weight excluding hydrogens is 176 g/mol. The number of allylic oxidation sites excluding steroid dienone is 3. The van der Waals surface area contributed by atoms with Crippen LogP contribution in [0.1, 0.15) is 20.3 Å². The number of fused-ring (bicyclic) bond motifs is 1. The monoisotopic (exact) mass is 192 g/mol. The van der Waals surface area contributed by atoms with Gasteiger partial charge in [-0.25, -0.2) is 0 Å². The van der Waals surface area contributed by atoms with Crippen molar-refractivity contribution in [3.8, 4) is 0 Å². The zero-order chi connectivity index (χ0) is 10.1. The molecule has 1 N–H and O–H groups in total. The molecule has 76 valence electrons. The second kappa shape index (κ2) is 3.48. The lowest BCUT2D eigenvalue weighted by molar-refractivity contribution is -0.138. The molecular formula is C11H16N2O. The first kappa shape index (κ1) is 9.31. The van der Waals surface area contributed by atoms with Crippen LogP contribution in [-0.4, -0.2) is 23.5 Å². The van der Waals surface area contributed by atoms with Crippen LogP contribution in [-0.2, 0) is 4.79 Å². The maximum absolute atomic E-state index is 12.0. The molecule has 1 atom stereocenters. The summed E-state index contributed by atoms with van der Waals surface area (Å²) >= 11 is 0. The van der Waals surface area contributed by atoms with E-state index >= 15 is 0 Å². The molecule has 2 aliphatic rings. The fourth-order valence-electron chi connectivity index (χ4n) is 1.94. The van der Waals surface area contributed by atoms with E-state index in [1.165, 1.54) is 0 Å². The first-order valence-corrected chi connectivity index (χ1v) is 5.11. The lowest BCUT2D eigenvalue weighted by atomic mass is 9.93. The highest BCUT2D eigenvalue weighted by molar-refractivity contribution is 5.83. The highest BCUT2D eigenvalue weighted by atomic mass is 16.2. The SMILES string of the molecule is CC(C)N1CNC2=CC=CCC2C1=O. The van der Waals surface area contributed by atoms with Gasteiger partial charge in [0.05, 0.1) is 12.6 Å². The summed E-state index contributed by atoms with van der Waals surface area (Å²) in [6.45, 7) is 4.74. The quantitative estimate of drug-likeness (QED) is 0.678. The first-order valence-electron chi connectivity index (χ1n) is 5.11. The van der Waals surface area contributed by atoms with Crippen molar-refractivity contribution >= 4 is 5.91 Å². The molecule has 1 amide bonds. The van der Waals surface area contributed by atoms with Crippen LogP contribution in [0.15, 0.2) is 23.9 Å². The molecule has 1 aliphatic heterocycles. The smallest absolute Gasteiger partial charge is 0.233 e. The Bertz CT molecular complexity index is 304. The fraction of sp³-hybridized carbons (Fsp3) is 0.545. The van der Waals surface area contributed by atoms with Crippen molar-refractivity contribution in [1.82, 2.24) is 10.2 Å². The zero-order valence-corrected chi connectivity index (χ0v) is 8.66. The molecule has 0 spiro atoms. The van der Waals surface area contributed by atoms with Crippen molar-refractivity contribution in [2.75, 3.05) is 6.67 Å². The summed E-state index contributed by atoms with van der Waals surface area (Å²) in [5.41, 5.74) is 1.08. The molecule has 1 unspecified atom stereocenters. The summed E-state index contributed by atoms with van der Waals surface area (Å²) in [7, 11) is 0. The Kier molecular flexibility index (Phi) is 2.32. The van der Waals surface area contributed by atoms with E-state index in [4.69, 9.17) is 0 Å². The number of hydrogen-bond acceptors (Lipinski definition) is 2. The van der Waals surface area contributed by atoms with E-state index in [2.05, 4.69) is 11.4 Å². The van der Waals surface area contributed by atoms with Crippen LogP contribution in [0.3, 0.4) is 0 Å². The van der Waals surface area contributed by atoms with Gasteiger partial charge in [-0.1, -0.05) is 12.2 Å². The Balaban J connectivity index is 2.18. The molecule has 0 saturated carbocycles. The van der Waals surface area contributed by atoms with Crippen LogP contribution >= 0.6 is 0 Å². The van der Waals surface area contributed by atoms with Crippen molar-refractivity contribution in [2.45, 2.75) is 26.3 Å². The van der Waals surface area contributed by atoms with E-state index in [0.717, 1.165) is 12.1 Å². The van der Waals surface area contributed by atoms with E-state index in [1.807, 2.05) is 30.9 Å². The fourth-order valence-corrected chi connectivity index (χ4v) is 1.94. The number of rotatable bonds is 1. The summed E-state index contributed by atoms with van der Waals surface area (Å²) in [4.78, 5) is 13.9. The van der Waals surface area contributed by atoms with Crippen molar-refractivity contribution in [3.05, 3.63) is 23.9 Å². The third-order valence-electron chi connectivity index (χ3n) is 2.82. The molecule has 3 nitrogen and oxygen atoms in total. The minimum Gasteiger partial charge on any atom is -0.370 e. The third-order valence-corrected chi connectivity index (χ3v) is 2.82. The normalized spacial score (nSPS) is 25.9. The Labute approximate surface area is 84.5 Å². The molecule has 0 aromatic rings. The van der Waals surface area contributed by atoms with Gasteiger partial charge in [-0.15, -0.1) is 0 Å². The maximum Gasteiger partial charge on any atom is 0.233 e. The molecule has 0 aromatic heterocycles. The summed E-state index contributed by atoms with van der Waals surface area (Å²) in [6.07, 6.45) is 6.90. The molecule has 1 heterocycles. The van der Waals surface area contributed by atoms with Gasteiger partial charge >= 0.3 is 0 Å². The molecule has 2 rings (SSSR count). The average Bonchev–Trinajstić information content (AvgIpc) is 2.18. The molecule has 1 fully saturated rings. The van der Waals surface area contributed by atoms with Crippen LogP contribution < -0.4 is 5.32 Å². The number of amides is 1. The lowest BCUT2D eigenvalue weighted by Gasteiger charge is -2.38. The van der Waals surface area contributed by atoms with E-state index in [9.17, 15) is 4.79 Å². The first-order chi connectivity index (χ1) is 6.70. The van der Waals surface area contributed by atoms with Crippen LogP contribution in [0, 0.1) is 5.92 Å². The van der Waals surface area contributed by atoms with Gasteiger partial charge < -0.3 is 10.2 Å². The number of nitrogens with one attached hydrogen (secondary N) is 1. The molecule has 14 heavy (non-hydrogen) atoms. The summed E-state index contributed by atoms with van der Waals surface area (Å²) in [6, 6.07) is 0.280. The van der Waals surface area contributed by atoms with Gasteiger partial charge in [-0.05, 0) is 26.3 Å². The standard InChI is InChI=1S/C11H16N2O/c1-8(2)13-7-12-10-6-4-3-5-9(10)11(13)14/h3-4,6,8-9,12H,5,7H2,1-2H3. The minimum atomic E-state index is 0.0381. The topological polar surface area (TPSA) is 32.3 Å². The largest absolute Gasteiger partial charge is 0.370 e. The van der Waals surface area contributed by atoms with Gasteiger partial charge in [0.1, 0.15) is 0 Å². The molecule has 0 aromatic carbocycles. The molecule has 1 aliphatic carbocycles. The second-order valence-electron chi connectivity index (χ2n) is 4.08. The maximum atomic E-state index is 12.0. The highest BCUT2D eigenvalue weighted by Crippen LogP contribution is 2.24. The van der Waals surface area contributed by atoms with Crippen molar-refractivity contribution in [3.63, 3.8) is 0 Å². The van der Waals surface area contributed by atoms with Crippen LogP contribution in [0.4, 0.5) is 0 Å². The Morgan fingerprint density at radius 3 is 3.07 bits per heavy atom. The van der Waals surface area contributed by atoms with Gasteiger partial charge in [0.25, 0.3) is 0 Å². The predicted octanol–water partition coefficient (Wildman–Crippen LogP) is 1.24. The predicted molar refractivity (Wildman–Crippen MR) is 55.3 cm³/mol. The molecule has 0 radical (unpaired) electrons. The van der Waals surface area contributed by atoms with Crippen molar-refractivity contribution < 1.29 is 4.79 Å². The minimum absolute atomic E-state index is 0.0381. The second-order valence-corrected chi connectivity index (χ2v) is 4.08. The van der Waals surface area contributed by atoms with E-state index < -0.39 is 0 Å². The van der Waals surface area contributed by atoms with E-state index in [0.29, 0.717) is 6.67 Å². The Hall–Kier alpha value is -1.25. The number of hydrogen-bond donors (Lipinski definition) is 1. The molecule has 0 bridgehead atoms. The van der Waals surface area contributed by atoms with E-state index in [-0.39, 0.29) is 17.9 Å². The van der Waals surface area contributed by atoms with Gasteiger partial charge in [0.15, 0.2) is 0 Å². The van der Waals surface area contributed by atoms with Crippen LogP contribution in [0.25, 0.3) is 0 Å². The average molecular weight is 192 g/mol. The Morgan fingerprint density at radius 1 is 1.57 bits per heavy atom. The number of carbonyl (C=O) groups excluding carboxylic acids is 1. The highest BCUT2D eigenvalue weighted by Gasteiger charge is 2.33. The molecule has 1 saturated heterocycles.